The smallest absolute Gasteiger partial charge is 0.255 e. The van der Waals surface area contributed by atoms with Crippen molar-refractivity contribution >= 4 is 28.9 Å². The molecule has 6 nitrogen and oxygen atoms in total. The van der Waals surface area contributed by atoms with Crippen LogP contribution in [-0.2, 0) is 0 Å². The fourth-order valence-electron chi connectivity index (χ4n) is 3.60. The van der Waals surface area contributed by atoms with Crippen LogP contribution in [0.4, 0.5) is 11.4 Å². The van der Waals surface area contributed by atoms with E-state index in [1.54, 1.807) is 26.4 Å². The number of hydrogen-bond acceptors (Lipinski definition) is 5. The van der Waals surface area contributed by atoms with Gasteiger partial charge in [0.2, 0.25) is 0 Å². The normalized spacial score (nSPS) is 15.1. The van der Waals surface area contributed by atoms with Crippen LogP contribution in [0.15, 0.2) is 66.7 Å². The number of nitrogens with one attached hydrogen (secondary N) is 1. The Morgan fingerprint density at radius 2 is 1.55 bits per heavy atom. The third-order valence-corrected chi connectivity index (χ3v) is 5.28. The number of benzene rings is 3. The number of amides is 1. The molecule has 0 fully saturated rings. The second-order valence-corrected chi connectivity index (χ2v) is 7.31. The Kier molecular flexibility index (Phi) is 6.18. The average molecular weight is 439 g/mol. The first-order valence-corrected chi connectivity index (χ1v) is 10.4. The molecule has 1 aliphatic heterocycles. The van der Waals surface area contributed by atoms with Crippen molar-refractivity contribution in [1.29, 1.82) is 0 Å². The van der Waals surface area contributed by atoms with Gasteiger partial charge in [-0.2, -0.15) is 0 Å². The standard InChI is InChI=1S/C24H23ClN2O4/c1-29-18-7-3-16(4-8-18)23-26-24(28)21-12-11-20(30-2)15-22(21)27(23)17-5-9-19(10-6-17)31-14-13-25/h3-12,15,23H,13-14H2,1-2H3,(H,26,28). The van der Waals surface area contributed by atoms with Gasteiger partial charge in [0.1, 0.15) is 30.0 Å². The molecule has 1 heterocycles. The summed E-state index contributed by atoms with van der Waals surface area (Å²) in [4.78, 5) is 15.0. The molecule has 1 aliphatic rings. The highest BCUT2D eigenvalue weighted by Crippen LogP contribution is 2.41. The molecule has 0 aromatic heterocycles. The molecule has 0 spiro atoms. The lowest BCUT2D eigenvalue weighted by Gasteiger charge is -2.39. The van der Waals surface area contributed by atoms with Gasteiger partial charge < -0.3 is 24.4 Å². The van der Waals surface area contributed by atoms with Gasteiger partial charge in [0.25, 0.3) is 5.91 Å². The number of ether oxygens (including phenoxy) is 3. The zero-order valence-electron chi connectivity index (χ0n) is 17.3. The van der Waals surface area contributed by atoms with Crippen LogP contribution in [0, 0.1) is 0 Å². The summed E-state index contributed by atoms with van der Waals surface area (Å²) in [5, 5.41) is 3.12. The Morgan fingerprint density at radius 3 is 2.19 bits per heavy atom. The van der Waals surface area contributed by atoms with E-state index in [1.165, 1.54) is 0 Å². The molecule has 0 bridgehead atoms. The lowest BCUT2D eigenvalue weighted by atomic mass is 10.0. The first-order valence-electron chi connectivity index (χ1n) is 9.85. The number of anilines is 2. The van der Waals surface area contributed by atoms with Crippen LogP contribution in [-0.4, -0.2) is 32.6 Å². The van der Waals surface area contributed by atoms with Crippen molar-refractivity contribution in [2.24, 2.45) is 0 Å². The fourth-order valence-corrected chi connectivity index (χ4v) is 3.68. The first kappa shape index (κ1) is 20.9. The minimum atomic E-state index is -0.410. The molecule has 0 saturated heterocycles. The van der Waals surface area contributed by atoms with E-state index in [-0.39, 0.29) is 5.91 Å². The minimum absolute atomic E-state index is 0.142. The van der Waals surface area contributed by atoms with Crippen molar-refractivity contribution in [2.45, 2.75) is 6.17 Å². The molecular formula is C24H23ClN2O4. The van der Waals surface area contributed by atoms with Crippen molar-refractivity contribution in [3.05, 3.63) is 77.9 Å². The van der Waals surface area contributed by atoms with Crippen molar-refractivity contribution in [2.75, 3.05) is 31.6 Å². The second-order valence-electron chi connectivity index (χ2n) is 6.93. The molecular weight excluding hydrogens is 416 g/mol. The number of hydrogen-bond donors (Lipinski definition) is 1. The maximum atomic E-state index is 12.9. The van der Waals surface area contributed by atoms with Gasteiger partial charge in [-0.25, -0.2) is 0 Å². The molecule has 0 radical (unpaired) electrons. The number of nitrogens with zero attached hydrogens (tertiary/aromatic N) is 1. The van der Waals surface area contributed by atoms with E-state index in [2.05, 4.69) is 10.2 Å². The molecule has 1 N–H and O–H groups in total. The quantitative estimate of drug-likeness (QED) is 0.531. The predicted octanol–water partition coefficient (Wildman–Crippen LogP) is 4.90. The van der Waals surface area contributed by atoms with E-state index < -0.39 is 6.17 Å². The highest BCUT2D eigenvalue weighted by Gasteiger charge is 2.33. The number of rotatable bonds is 7. The molecule has 1 unspecified atom stereocenters. The molecule has 1 atom stereocenters. The van der Waals surface area contributed by atoms with Crippen molar-refractivity contribution in [3.8, 4) is 17.2 Å². The fraction of sp³-hybridized carbons (Fsp3) is 0.208. The van der Waals surface area contributed by atoms with Crippen molar-refractivity contribution in [3.63, 3.8) is 0 Å². The van der Waals surface area contributed by atoms with Crippen LogP contribution in [0.2, 0.25) is 0 Å². The van der Waals surface area contributed by atoms with Gasteiger partial charge in [-0.05, 0) is 54.1 Å². The van der Waals surface area contributed by atoms with Gasteiger partial charge in [0.15, 0.2) is 0 Å². The zero-order valence-corrected chi connectivity index (χ0v) is 18.1. The van der Waals surface area contributed by atoms with E-state index in [9.17, 15) is 4.79 Å². The highest BCUT2D eigenvalue weighted by atomic mass is 35.5. The van der Waals surface area contributed by atoms with Crippen LogP contribution < -0.4 is 24.4 Å². The Balaban J connectivity index is 1.80. The second kappa shape index (κ2) is 9.18. The van der Waals surface area contributed by atoms with E-state index in [0.29, 0.717) is 23.8 Å². The van der Waals surface area contributed by atoms with E-state index in [4.69, 9.17) is 25.8 Å². The Morgan fingerprint density at radius 1 is 0.903 bits per heavy atom. The van der Waals surface area contributed by atoms with Crippen LogP contribution in [0.3, 0.4) is 0 Å². The summed E-state index contributed by atoms with van der Waals surface area (Å²) in [7, 11) is 3.24. The Bertz CT molecular complexity index is 1050. The maximum Gasteiger partial charge on any atom is 0.255 e. The molecule has 1 amide bonds. The summed E-state index contributed by atoms with van der Waals surface area (Å²) in [5.74, 6) is 2.44. The number of halogens is 1. The third-order valence-electron chi connectivity index (χ3n) is 5.13. The van der Waals surface area contributed by atoms with E-state index in [1.807, 2.05) is 54.6 Å². The van der Waals surface area contributed by atoms with Crippen LogP contribution in [0.25, 0.3) is 0 Å². The van der Waals surface area contributed by atoms with Crippen molar-refractivity contribution in [1.82, 2.24) is 5.32 Å². The summed E-state index contributed by atoms with van der Waals surface area (Å²) in [6.45, 7) is 0.440. The Hall–Kier alpha value is -3.38. The molecule has 0 saturated carbocycles. The van der Waals surface area contributed by atoms with Crippen molar-refractivity contribution < 1.29 is 19.0 Å². The maximum absolute atomic E-state index is 12.9. The molecule has 7 heteroatoms. The molecule has 160 valence electrons. The first-order chi connectivity index (χ1) is 15.1. The van der Waals surface area contributed by atoms with Gasteiger partial charge in [0.05, 0.1) is 31.4 Å². The number of carbonyl (C=O) groups is 1. The predicted molar refractivity (Wildman–Crippen MR) is 121 cm³/mol. The van der Waals surface area contributed by atoms with Crippen LogP contribution in [0.5, 0.6) is 17.2 Å². The average Bonchev–Trinajstić information content (AvgIpc) is 2.83. The van der Waals surface area contributed by atoms with Crippen LogP contribution in [0.1, 0.15) is 22.1 Å². The monoisotopic (exact) mass is 438 g/mol. The Labute approximate surface area is 186 Å². The zero-order chi connectivity index (χ0) is 21.8. The summed E-state index contributed by atoms with van der Waals surface area (Å²) >= 11 is 5.72. The third kappa shape index (κ3) is 4.25. The molecule has 31 heavy (non-hydrogen) atoms. The van der Waals surface area contributed by atoms with Gasteiger partial charge in [-0.15, -0.1) is 11.6 Å². The lowest BCUT2D eigenvalue weighted by molar-refractivity contribution is 0.0929. The number of alkyl halides is 1. The number of methoxy groups -OCH3 is 2. The van der Waals surface area contributed by atoms with Gasteiger partial charge >= 0.3 is 0 Å². The van der Waals surface area contributed by atoms with Gasteiger partial charge in [0, 0.05) is 11.8 Å². The van der Waals surface area contributed by atoms with Gasteiger partial charge in [-0.1, -0.05) is 12.1 Å². The van der Waals surface area contributed by atoms with Gasteiger partial charge in [-0.3, -0.25) is 4.79 Å². The summed E-state index contributed by atoms with van der Waals surface area (Å²) in [6, 6.07) is 20.8. The number of carbonyl (C=O) groups excluding carboxylic acids is 1. The van der Waals surface area contributed by atoms with E-state index in [0.717, 1.165) is 28.4 Å². The lowest BCUT2D eigenvalue weighted by Crippen LogP contribution is -2.44. The summed E-state index contributed by atoms with van der Waals surface area (Å²) in [6.07, 6.45) is -0.410. The molecule has 3 aromatic carbocycles. The highest BCUT2D eigenvalue weighted by molar-refractivity contribution is 6.18. The summed E-state index contributed by atoms with van der Waals surface area (Å²) in [5.41, 5.74) is 3.16. The van der Waals surface area contributed by atoms with E-state index >= 15 is 0 Å². The minimum Gasteiger partial charge on any atom is -0.497 e. The summed E-state index contributed by atoms with van der Waals surface area (Å²) < 4.78 is 16.3. The number of fused-ring (bicyclic) bond motifs is 1. The SMILES string of the molecule is COc1ccc(C2NC(=O)c3ccc(OC)cc3N2c2ccc(OCCCl)cc2)cc1. The van der Waals surface area contributed by atoms with Crippen LogP contribution >= 0.6 is 11.6 Å². The topological polar surface area (TPSA) is 60.0 Å². The largest absolute Gasteiger partial charge is 0.497 e. The molecule has 4 rings (SSSR count). The molecule has 0 aliphatic carbocycles. The molecule has 3 aromatic rings.